The molecule has 0 saturated carbocycles. The SMILES string of the molecule is CC1=NN(c2ccccc2)[C@H]2N[C@@H](c3ccc(N(C)C)cc3)C3=C([C@H]12)[C@@H](C(C)(C)C)C[C@@H](C(C)(C)C)C3=O. The highest BCUT2D eigenvalue weighted by molar-refractivity contribution is 6.03. The number of carbonyl (C=O) groups excluding carboxylic acids is 1. The first kappa shape index (κ1) is 26.7. The van der Waals surface area contributed by atoms with E-state index < -0.39 is 0 Å². The van der Waals surface area contributed by atoms with Gasteiger partial charge in [0.05, 0.1) is 17.6 Å². The summed E-state index contributed by atoms with van der Waals surface area (Å²) in [6.07, 6.45) is 0.845. The fourth-order valence-corrected chi connectivity index (χ4v) is 6.75. The van der Waals surface area contributed by atoms with Crippen LogP contribution in [0.25, 0.3) is 0 Å². The Morgan fingerprint density at radius 1 is 0.895 bits per heavy atom. The maximum absolute atomic E-state index is 14.5. The lowest BCUT2D eigenvalue weighted by Crippen LogP contribution is -2.56. The van der Waals surface area contributed by atoms with Crippen molar-refractivity contribution in [2.45, 2.75) is 67.1 Å². The molecule has 0 radical (unpaired) electrons. The van der Waals surface area contributed by atoms with Gasteiger partial charge in [0, 0.05) is 37.0 Å². The third-order valence-electron chi connectivity index (χ3n) is 8.85. The van der Waals surface area contributed by atoms with Crippen LogP contribution in [0.2, 0.25) is 0 Å². The predicted octanol–water partition coefficient (Wildman–Crippen LogP) is 6.83. The monoisotopic (exact) mass is 512 g/mol. The molecule has 5 nitrogen and oxygen atoms in total. The van der Waals surface area contributed by atoms with E-state index in [1.807, 2.05) is 6.07 Å². The lowest BCUT2D eigenvalue weighted by molar-refractivity contribution is -0.125. The second kappa shape index (κ2) is 9.37. The number of benzene rings is 2. The van der Waals surface area contributed by atoms with Gasteiger partial charge in [0.25, 0.3) is 0 Å². The number of hydrazone groups is 1. The zero-order valence-electron chi connectivity index (χ0n) is 24.5. The van der Waals surface area contributed by atoms with Gasteiger partial charge in [-0.15, -0.1) is 0 Å². The average Bonchev–Trinajstić information content (AvgIpc) is 3.19. The van der Waals surface area contributed by atoms with E-state index in [0.29, 0.717) is 11.7 Å². The second-order valence-corrected chi connectivity index (χ2v) is 13.7. The van der Waals surface area contributed by atoms with Crippen molar-refractivity contribution < 1.29 is 4.79 Å². The number of ketones is 1. The van der Waals surface area contributed by atoms with Gasteiger partial charge < -0.3 is 4.90 Å². The first-order valence-electron chi connectivity index (χ1n) is 14.0. The van der Waals surface area contributed by atoms with Crippen LogP contribution in [0.15, 0.2) is 70.8 Å². The maximum Gasteiger partial charge on any atom is 0.164 e. The standard InChI is InChI=1S/C33H44N4O/c1-20-26-27-24(32(2,3)4)19-25(33(5,6)7)30(38)28(27)29(21-15-17-22(18-16-21)36(8)9)34-31(26)37(35-20)23-13-11-10-12-14-23/h10-18,24-26,29,31,34H,19H2,1-9H3/t24-,25+,26-,29-,31+/m0/s1. The summed E-state index contributed by atoms with van der Waals surface area (Å²) in [4.78, 5) is 16.6. The summed E-state index contributed by atoms with van der Waals surface area (Å²) in [6, 6.07) is 18.9. The van der Waals surface area contributed by atoms with Crippen LogP contribution in [-0.4, -0.2) is 31.8 Å². The van der Waals surface area contributed by atoms with Gasteiger partial charge in [-0.25, -0.2) is 5.01 Å². The van der Waals surface area contributed by atoms with Crippen molar-refractivity contribution in [1.29, 1.82) is 0 Å². The van der Waals surface area contributed by atoms with Crippen LogP contribution in [0, 0.1) is 28.6 Å². The number of rotatable bonds is 3. The van der Waals surface area contributed by atoms with Gasteiger partial charge in [-0.3, -0.25) is 10.1 Å². The highest BCUT2D eigenvalue weighted by Crippen LogP contribution is 2.55. The van der Waals surface area contributed by atoms with Crippen molar-refractivity contribution in [3.63, 3.8) is 0 Å². The third-order valence-corrected chi connectivity index (χ3v) is 8.85. The minimum Gasteiger partial charge on any atom is -0.378 e. The minimum absolute atomic E-state index is 0.0174. The van der Waals surface area contributed by atoms with Crippen LogP contribution in [0.1, 0.15) is 66.5 Å². The Balaban J connectivity index is 1.73. The Kier molecular flexibility index (Phi) is 6.58. The molecule has 5 rings (SSSR count). The van der Waals surface area contributed by atoms with Crippen molar-refractivity contribution >= 4 is 22.9 Å². The number of para-hydroxylation sites is 1. The van der Waals surface area contributed by atoms with Crippen molar-refractivity contribution in [2.24, 2.45) is 33.7 Å². The van der Waals surface area contributed by atoms with Gasteiger partial charge in [-0.2, -0.15) is 5.10 Å². The normalized spacial score (nSPS) is 27.7. The highest BCUT2D eigenvalue weighted by atomic mass is 16.1. The first-order valence-corrected chi connectivity index (χ1v) is 14.0. The summed E-state index contributed by atoms with van der Waals surface area (Å²) in [5.74, 6) is 0.651. The highest BCUT2D eigenvalue weighted by Gasteiger charge is 2.55. The van der Waals surface area contributed by atoms with Crippen LogP contribution >= 0.6 is 0 Å². The zero-order chi connectivity index (χ0) is 27.6. The molecule has 1 N–H and O–H groups in total. The van der Waals surface area contributed by atoms with E-state index in [9.17, 15) is 4.79 Å². The van der Waals surface area contributed by atoms with Crippen LogP contribution in [-0.2, 0) is 4.79 Å². The predicted molar refractivity (Wildman–Crippen MR) is 158 cm³/mol. The van der Waals surface area contributed by atoms with Gasteiger partial charge in [0.2, 0.25) is 0 Å². The Hall–Kier alpha value is -2.92. The molecule has 202 valence electrons. The summed E-state index contributed by atoms with van der Waals surface area (Å²) in [6.45, 7) is 15.8. The fourth-order valence-electron chi connectivity index (χ4n) is 6.75. The van der Waals surface area contributed by atoms with E-state index in [2.05, 4.69) is 126 Å². The van der Waals surface area contributed by atoms with E-state index in [-0.39, 0.29) is 34.9 Å². The molecular formula is C33H44N4O. The van der Waals surface area contributed by atoms with Crippen LogP contribution < -0.4 is 15.2 Å². The molecule has 2 aromatic rings. The summed E-state index contributed by atoms with van der Waals surface area (Å²) in [5, 5.41) is 11.2. The fraction of sp³-hybridized carbons (Fsp3) is 0.515. The maximum atomic E-state index is 14.5. The van der Waals surface area contributed by atoms with Crippen molar-refractivity contribution in [1.82, 2.24) is 5.32 Å². The molecule has 3 aliphatic rings. The number of carbonyl (C=O) groups is 1. The number of fused-ring (bicyclic) bond motifs is 2. The van der Waals surface area contributed by atoms with Crippen molar-refractivity contribution in [3.05, 3.63) is 71.3 Å². The number of nitrogens with one attached hydrogen (secondary N) is 1. The molecule has 0 unspecified atom stereocenters. The minimum atomic E-state index is -0.183. The molecule has 2 aliphatic heterocycles. The molecule has 0 aromatic heterocycles. The van der Waals surface area contributed by atoms with Gasteiger partial charge in [-0.05, 0) is 65.5 Å². The quantitative estimate of drug-likeness (QED) is 0.490. The van der Waals surface area contributed by atoms with E-state index in [0.717, 1.165) is 34.6 Å². The van der Waals surface area contributed by atoms with Crippen molar-refractivity contribution in [2.75, 3.05) is 24.0 Å². The smallest absolute Gasteiger partial charge is 0.164 e. The number of hydrogen-bond donors (Lipinski definition) is 1. The molecular weight excluding hydrogens is 468 g/mol. The Labute approximate surface area is 229 Å². The number of anilines is 2. The zero-order valence-corrected chi connectivity index (χ0v) is 24.5. The van der Waals surface area contributed by atoms with Crippen LogP contribution in [0.4, 0.5) is 11.4 Å². The average molecular weight is 513 g/mol. The topological polar surface area (TPSA) is 47.9 Å². The summed E-state index contributed by atoms with van der Waals surface area (Å²) >= 11 is 0. The van der Waals surface area contributed by atoms with E-state index in [1.54, 1.807) is 0 Å². The molecule has 0 spiro atoms. The Morgan fingerprint density at radius 2 is 1.50 bits per heavy atom. The molecule has 0 fully saturated rings. The molecule has 38 heavy (non-hydrogen) atoms. The van der Waals surface area contributed by atoms with Gasteiger partial charge in [0.1, 0.15) is 6.17 Å². The van der Waals surface area contributed by atoms with Crippen LogP contribution in [0.5, 0.6) is 0 Å². The Bertz CT molecular complexity index is 1260. The Morgan fingerprint density at radius 3 is 2.05 bits per heavy atom. The molecule has 5 heteroatoms. The lowest BCUT2D eigenvalue weighted by Gasteiger charge is -2.51. The number of Topliss-reactive ketones (excluding diaryl/α,β-unsaturated/α-hetero) is 1. The number of nitrogens with zero attached hydrogens (tertiary/aromatic N) is 3. The van der Waals surface area contributed by atoms with E-state index in [1.165, 1.54) is 5.57 Å². The van der Waals surface area contributed by atoms with Gasteiger partial charge >= 0.3 is 0 Å². The van der Waals surface area contributed by atoms with Crippen LogP contribution in [0.3, 0.4) is 0 Å². The molecule has 0 saturated heterocycles. The molecule has 0 bridgehead atoms. The largest absolute Gasteiger partial charge is 0.378 e. The molecule has 2 aromatic carbocycles. The molecule has 1 aliphatic carbocycles. The van der Waals surface area contributed by atoms with E-state index >= 15 is 0 Å². The van der Waals surface area contributed by atoms with Gasteiger partial charge in [0.15, 0.2) is 5.78 Å². The first-order chi connectivity index (χ1) is 17.8. The summed E-state index contributed by atoms with van der Waals surface area (Å²) in [5.41, 5.74) is 6.65. The van der Waals surface area contributed by atoms with Gasteiger partial charge in [-0.1, -0.05) is 71.9 Å². The summed E-state index contributed by atoms with van der Waals surface area (Å²) in [7, 11) is 4.12. The molecule has 5 atom stereocenters. The van der Waals surface area contributed by atoms with E-state index in [4.69, 9.17) is 5.10 Å². The van der Waals surface area contributed by atoms with Crippen molar-refractivity contribution in [3.8, 4) is 0 Å². The molecule has 2 heterocycles. The molecule has 0 amide bonds. The number of hydrogen-bond acceptors (Lipinski definition) is 5. The second-order valence-electron chi connectivity index (χ2n) is 13.7. The summed E-state index contributed by atoms with van der Waals surface area (Å²) < 4.78 is 0. The third kappa shape index (κ3) is 4.49. The lowest BCUT2D eigenvalue weighted by atomic mass is 9.56.